The topological polar surface area (TPSA) is 79.3 Å². The van der Waals surface area contributed by atoms with Crippen LogP contribution in [0.1, 0.15) is 17.3 Å². The first kappa shape index (κ1) is 11.5. The molecule has 6 heteroatoms. The molecule has 0 bridgehead atoms. The van der Waals surface area contributed by atoms with Crippen molar-refractivity contribution in [3.63, 3.8) is 0 Å². The molecule has 0 saturated heterocycles. The molecule has 1 amide bonds. The van der Waals surface area contributed by atoms with E-state index in [0.717, 1.165) is 0 Å². The van der Waals surface area contributed by atoms with E-state index in [1.54, 1.807) is 0 Å². The summed E-state index contributed by atoms with van der Waals surface area (Å²) in [5.74, 6) is -1.58. The zero-order valence-electron chi connectivity index (χ0n) is 7.90. The molecule has 1 rings (SSSR count). The smallest absolute Gasteiger partial charge is 0.325 e. The number of nitrogens with one attached hydrogen (secondary N) is 1. The predicted octanol–water partition coefficient (Wildman–Crippen LogP) is 0.938. The zero-order chi connectivity index (χ0) is 11.4. The lowest BCUT2D eigenvalue weighted by Crippen LogP contribution is -2.38. The van der Waals surface area contributed by atoms with Crippen LogP contribution in [0.25, 0.3) is 0 Å². The normalized spacial score (nSPS) is 11.9. The van der Waals surface area contributed by atoms with Gasteiger partial charge in [-0.1, -0.05) is 11.6 Å². The van der Waals surface area contributed by atoms with Crippen molar-refractivity contribution in [2.75, 3.05) is 0 Å². The Hall–Kier alpha value is -1.62. The molecule has 1 aromatic rings. The molecule has 15 heavy (non-hydrogen) atoms. The van der Waals surface area contributed by atoms with E-state index in [0.29, 0.717) is 0 Å². The molecular weight excluding hydrogens is 220 g/mol. The second-order valence-electron chi connectivity index (χ2n) is 2.90. The van der Waals surface area contributed by atoms with E-state index in [-0.39, 0.29) is 10.7 Å². The number of pyridine rings is 1. The van der Waals surface area contributed by atoms with E-state index in [1.165, 1.54) is 25.3 Å². The SMILES string of the molecule is C[C@H](NC(=O)c1ccc(Cl)nc1)C(=O)O. The van der Waals surface area contributed by atoms with Crippen molar-refractivity contribution in [3.8, 4) is 0 Å². The van der Waals surface area contributed by atoms with Gasteiger partial charge in [-0.3, -0.25) is 9.59 Å². The molecular formula is C9H9ClN2O3. The number of amides is 1. The molecule has 0 radical (unpaired) electrons. The summed E-state index contributed by atoms with van der Waals surface area (Å²) >= 11 is 5.54. The number of rotatable bonds is 3. The lowest BCUT2D eigenvalue weighted by atomic mass is 10.2. The van der Waals surface area contributed by atoms with Gasteiger partial charge in [-0.2, -0.15) is 0 Å². The summed E-state index contributed by atoms with van der Waals surface area (Å²) in [6.07, 6.45) is 1.28. The second-order valence-corrected chi connectivity index (χ2v) is 3.29. The number of carboxylic acid groups (broad SMARTS) is 1. The fraction of sp³-hybridized carbons (Fsp3) is 0.222. The highest BCUT2D eigenvalue weighted by Gasteiger charge is 2.15. The number of halogens is 1. The van der Waals surface area contributed by atoms with E-state index in [9.17, 15) is 9.59 Å². The van der Waals surface area contributed by atoms with Gasteiger partial charge in [0.05, 0.1) is 5.56 Å². The molecule has 2 N–H and O–H groups in total. The van der Waals surface area contributed by atoms with Crippen LogP contribution in [0.15, 0.2) is 18.3 Å². The molecule has 0 aliphatic carbocycles. The fourth-order valence-electron chi connectivity index (χ4n) is 0.852. The van der Waals surface area contributed by atoms with Crippen LogP contribution >= 0.6 is 11.6 Å². The fourth-order valence-corrected chi connectivity index (χ4v) is 0.964. The monoisotopic (exact) mass is 228 g/mol. The Morgan fingerprint density at radius 1 is 1.53 bits per heavy atom. The first-order chi connectivity index (χ1) is 7.00. The average Bonchev–Trinajstić information content (AvgIpc) is 2.18. The van der Waals surface area contributed by atoms with Crippen molar-refractivity contribution in [2.45, 2.75) is 13.0 Å². The molecule has 0 aliphatic heterocycles. The quantitative estimate of drug-likeness (QED) is 0.755. The molecule has 0 fully saturated rings. The van der Waals surface area contributed by atoms with Gasteiger partial charge in [-0.15, -0.1) is 0 Å². The minimum absolute atomic E-state index is 0.271. The third-order valence-electron chi connectivity index (χ3n) is 1.71. The van der Waals surface area contributed by atoms with Crippen LogP contribution in [-0.2, 0) is 4.79 Å². The summed E-state index contributed by atoms with van der Waals surface area (Å²) in [5.41, 5.74) is 0.271. The number of hydrogen-bond acceptors (Lipinski definition) is 3. The molecule has 5 nitrogen and oxygen atoms in total. The lowest BCUT2D eigenvalue weighted by Gasteiger charge is -2.08. The van der Waals surface area contributed by atoms with Crippen LogP contribution < -0.4 is 5.32 Å². The molecule has 0 spiro atoms. The minimum Gasteiger partial charge on any atom is -0.480 e. The maximum atomic E-state index is 11.4. The van der Waals surface area contributed by atoms with E-state index in [4.69, 9.17) is 16.7 Å². The Morgan fingerprint density at radius 3 is 2.67 bits per heavy atom. The Kier molecular flexibility index (Phi) is 3.62. The number of aliphatic carboxylic acids is 1. The van der Waals surface area contributed by atoms with Crippen LogP contribution in [0.2, 0.25) is 5.15 Å². The number of hydrogen-bond donors (Lipinski definition) is 2. The predicted molar refractivity (Wildman–Crippen MR) is 53.8 cm³/mol. The van der Waals surface area contributed by atoms with Gasteiger partial charge in [0.25, 0.3) is 5.91 Å². The van der Waals surface area contributed by atoms with Crippen molar-refractivity contribution in [3.05, 3.63) is 29.0 Å². The summed E-state index contributed by atoms with van der Waals surface area (Å²) in [5, 5.41) is 11.1. The largest absolute Gasteiger partial charge is 0.480 e. The van der Waals surface area contributed by atoms with Gasteiger partial charge in [0, 0.05) is 6.20 Å². The first-order valence-corrected chi connectivity index (χ1v) is 4.53. The molecule has 1 aromatic heterocycles. The number of carboxylic acids is 1. The van der Waals surface area contributed by atoms with E-state index in [1.807, 2.05) is 0 Å². The van der Waals surface area contributed by atoms with Gasteiger partial charge in [-0.05, 0) is 19.1 Å². The maximum Gasteiger partial charge on any atom is 0.325 e. The van der Waals surface area contributed by atoms with Crippen molar-refractivity contribution in [1.82, 2.24) is 10.3 Å². The maximum absolute atomic E-state index is 11.4. The highest BCUT2D eigenvalue weighted by Crippen LogP contribution is 2.05. The summed E-state index contributed by atoms with van der Waals surface area (Å²) in [6.45, 7) is 1.38. The summed E-state index contributed by atoms with van der Waals surface area (Å²) < 4.78 is 0. The molecule has 1 atom stereocenters. The number of nitrogens with zero attached hydrogens (tertiary/aromatic N) is 1. The van der Waals surface area contributed by atoms with Crippen LogP contribution in [0.3, 0.4) is 0 Å². The molecule has 0 aromatic carbocycles. The molecule has 0 aliphatic rings. The second kappa shape index (κ2) is 4.75. The lowest BCUT2D eigenvalue weighted by molar-refractivity contribution is -0.138. The molecule has 0 unspecified atom stereocenters. The van der Waals surface area contributed by atoms with Crippen molar-refractivity contribution < 1.29 is 14.7 Å². The summed E-state index contributed by atoms with van der Waals surface area (Å²) in [6, 6.07) is 1.99. The Balaban J connectivity index is 2.69. The molecule has 80 valence electrons. The van der Waals surface area contributed by atoms with E-state index < -0.39 is 17.9 Å². The standard InChI is InChI=1S/C9H9ClN2O3/c1-5(9(14)15)12-8(13)6-2-3-7(10)11-4-6/h2-5H,1H3,(H,12,13)(H,14,15)/t5-/m0/s1. The molecule has 0 saturated carbocycles. The van der Waals surface area contributed by atoms with Crippen molar-refractivity contribution in [1.29, 1.82) is 0 Å². The van der Waals surface area contributed by atoms with Crippen LogP contribution in [0.5, 0.6) is 0 Å². The van der Waals surface area contributed by atoms with Gasteiger partial charge in [-0.25, -0.2) is 4.98 Å². The van der Waals surface area contributed by atoms with Gasteiger partial charge in [0.2, 0.25) is 0 Å². The Bertz CT molecular complexity index is 377. The third kappa shape index (κ3) is 3.21. The van der Waals surface area contributed by atoms with Gasteiger partial charge in [0.1, 0.15) is 11.2 Å². The third-order valence-corrected chi connectivity index (χ3v) is 1.93. The first-order valence-electron chi connectivity index (χ1n) is 4.16. The van der Waals surface area contributed by atoms with Gasteiger partial charge >= 0.3 is 5.97 Å². The summed E-state index contributed by atoms with van der Waals surface area (Å²) in [7, 11) is 0. The van der Waals surface area contributed by atoms with Crippen LogP contribution in [-0.4, -0.2) is 28.0 Å². The Labute approximate surface area is 91.1 Å². The van der Waals surface area contributed by atoms with Crippen molar-refractivity contribution in [2.24, 2.45) is 0 Å². The van der Waals surface area contributed by atoms with Gasteiger partial charge < -0.3 is 10.4 Å². The van der Waals surface area contributed by atoms with E-state index >= 15 is 0 Å². The number of carbonyl (C=O) groups is 2. The average molecular weight is 229 g/mol. The zero-order valence-corrected chi connectivity index (χ0v) is 8.65. The van der Waals surface area contributed by atoms with E-state index in [2.05, 4.69) is 10.3 Å². The molecule has 1 heterocycles. The highest BCUT2D eigenvalue weighted by atomic mass is 35.5. The van der Waals surface area contributed by atoms with Crippen molar-refractivity contribution >= 4 is 23.5 Å². The minimum atomic E-state index is -1.09. The highest BCUT2D eigenvalue weighted by molar-refractivity contribution is 6.29. The summed E-state index contributed by atoms with van der Waals surface area (Å²) in [4.78, 5) is 25.6. The Morgan fingerprint density at radius 2 is 2.20 bits per heavy atom. The van der Waals surface area contributed by atoms with Gasteiger partial charge in [0.15, 0.2) is 0 Å². The van der Waals surface area contributed by atoms with Crippen LogP contribution in [0, 0.1) is 0 Å². The van der Waals surface area contributed by atoms with Crippen LogP contribution in [0.4, 0.5) is 0 Å². The number of carbonyl (C=O) groups excluding carboxylic acids is 1. The number of aromatic nitrogens is 1.